The van der Waals surface area contributed by atoms with Crippen molar-refractivity contribution in [2.75, 3.05) is 0 Å². The largest absolute Gasteiger partial charge is 0.309 e. The Bertz CT molecular complexity index is 1560. The molecule has 0 amide bonds. The maximum Gasteiger partial charge on any atom is 0.0547 e. The van der Waals surface area contributed by atoms with Gasteiger partial charge in [0.15, 0.2) is 0 Å². The Morgan fingerprint density at radius 3 is 1.97 bits per heavy atom. The Balaban J connectivity index is 1.68. The van der Waals surface area contributed by atoms with Gasteiger partial charge in [0.05, 0.1) is 11.0 Å². The van der Waals surface area contributed by atoms with E-state index in [1.165, 1.54) is 33.2 Å². The predicted octanol–water partition coefficient (Wildman–Crippen LogP) is 8.77. The van der Waals surface area contributed by atoms with Crippen molar-refractivity contribution in [2.24, 2.45) is 0 Å². The van der Waals surface area contributed by atoms with Crippen molar-refractivity contribution in [3.05, 3.63) is 126 Å². The van der Waals surface area contributed by atoms with Crippen molar-refractivity contribution < 1.29 is 0 Å². The summed E-state index contributed by atoms with van der Waals surface area (Å²) in [6.45, 7) is 0. The topological polar surface area (TPSA) is 4.93 Å². The first-order chi connectivity index (χ1) is 15.8. The molecule has 1 aromatic heterocycles. The SMILES string of the molecule is Clc1ccc2c(c1)c1c(-c3ccccc3)cccc1n2-c1cccc(-c2ccccc2)c1. The number of hydrogen-bond acceptors (Lipinski definition) is 0. The molecule has 0 bridgehead atoms. The van der Waals surface area contributed by atoms with E-state index in [0.717, 1.165) is 21.6 Å². The molecule has 0 unspecified atom stereocenters. The maximum absolute atomic E-state index is 6.47. The zero-order chi connectivity index (χ0) is 21.5. The molecule has 152 valence electrons. The lowest BCUT2D eigenvalue weighted by molar-refractivity contribution is 1.18. The van der Waals surface area contributed by atoms with Crippen LogP contribution in [0.15, 0.2) is 121 Å². The standard InChI is InChI=1S/C30H20ClN/c31-24-17-18-28-27(20-24)30-26(22-11-5-2-6-12-22)15-8-16-29(30)32(28)25-14-7-13-23(19-25)21-9-3-1-4-10-21/h1-20H. The highest BCUT2D eigenvalue weighted by Crippen LogP contribution is 2.39. The Morgan fingerprint density at radius 2 is 1.19 bits per heavy atom. The average Bonchev–Trinajstić information content (AvgIpc) is 3.19. The van der Waals surface area contributed by atoms with E-state index in [2.05, 4.69) is 120 Å². The first-order valence-corrected chi connectivity index (χ1v) is 11.1. The predicted molar refractivity (Wildman–Crippen MR) is 137 cm³/mol. The molecule has 32 heavy (non-hydrogen) atoms. The fraction of sp³-hybridized carbons (Fsp3) is 0. The van der Waals surface area contributed by atoms with Gasteiger partial charge in [-0.15, -0.1) is 0 Å². The number of nitrogens with zero attached hydrogens (tertiary/aromatic N) is 1. The summed E-state index contributed by atoms with van der Waals surface area (Å²) >= 11 is 6.47. The summed E-state index contributed by atoms with van der Waals surface area (Å²) < 4.78 is 2.35. The van der Waals surface area contributed by atoms with Crippen LogP contribution in [0, 0.1) is 0 Å². The second-order valence-electron chi connectivity index (χ2n) is 7.98. The smallest absolute Gasteiger partial charge is 0.0547 e. The van der Waals surface area contributed by atoms with Gasteiger partial charge in [0.1, 0.15) is 0 Å². The quantitative estimate of drug-likeness (QED) is 0.265. The Labute approximate surface area is 192 Å². The van der Waals surface area contributed by atoms with Gasteiger partial charge in [-0.05, 0) is 58.7 Å². The second kappa shape index (κ2) is 7.71. The minimum atomic E-state index is 0.748. The van der Waals surface area contributed by atoms with E-state index < -0.39 is 0 Å². The molecular weight excluding hydrogens is 410 g/mol. The molecule has 0 radical (unpaired) electrons. The zero-order valence-corrected chi connectivity index (χ0v) is 18.1. The third-order valence-corrected chi connectivity index (χ3v) is 6.28. The molecule has 0 aliphatic carbocycles. The van der Waals surface area contributed by atoms with Gasteiger partial charge in [0.25, 0.3) is 0 Å². The highest BCUT2D eigenvalue weighted by atomic mass is 35.5. The number of fused-ring (bicyclic) bond motifs is 3. The van der Waals surface area contributed by atoms with Gasteiger partial charge in [-0.3, -0.25) is 0 Å². The fourth-order valence-corrected chi connectivity index (χ4v) is 4.81. The Kier molecular flexibility index (Phi) is 4.56. The van der Waals surface area contributed by atoms with Gasteiger partial charge in [-0.1, -0.05) is 96.5 Å². The van der Waals surface area contributed by atoms with E-state index in [0.29, 0.717) is 0 Å². The van der Waals surface area contributed by atoms with Crippen molar-refractivity contribution in [2.45, 2.75) is 0 Å². The van der Waals surface area contributed by atoms with Crippen LogP contribution in [0.4, 0.5) is 0 Å². The minimum Gasteiger partial charge on any atom is -0.309 e. The van der Waals surface area contributed by atoms with Gasteiger partial charge in [0, 0.05) is 21.5 Å². The van der Waals surface area contributed by atoms with E-state index in [4.69, 9.17) is 11.6 Å². The van der Waals surface area contributed by atoms with Crippen molar-refractivity contribution >= 4 is 33.4 Å². The lowest BCUT2D eigenvalue weighted by Gasteiger charge is -2.11. The van der Waals surface area contributed by atoms with Crippen LogP contribution in [0.5, 0.6) is 0 Å². The molecule has 0 atom stereocenters. The molecule has 0 saturated heterocycles. The van der Waals surface area contributed by atoms with Crippen LogP contribution in [-0.4, -0.2) is 4.57 Å². The number of halogens is 1. The van der Waals surface area contributed by atoms with Crippen LogP contribution in [0.3, 0.4) is 0 Å². The van der Waals surface area contributed by atoms with Crippen LogP contribution < -0.4 is 0 Å². The highest BCUT2D eigenvalue weighted by molar-refractivity contribution is 6.32. The van der Waals surface area contributed by atoms with Crippen molar-refractivity contribution in [1.29, 1.82) is 0 Å². The van der Waals surface area contributed by atoms with Crippen LogP contribution in [0.2, 0.25) is 5.02 Å². The molecule has 0 fully saturated rings. The number of benzene rings is 5. The molecule has 0 spiro atoms. The van der Waals surface area contributed by atoms with Crippen LogP contribution in [0.25, 0.3) is 49.7 Å². The molecule has 0 aliphatic rings. The molecule has 1 heterocycles. The molecule has 1 nitrogen and oxygen atoms in total. The van der Waals surface area contributed by atoms with Crippen LogP contribution in [-0.2, 0) is 0 Å². The van der Waals surface area contributed by atoms with Crippen molar-refractivity contribution in [1.82, 2.24) is 4.57 Å². The summed E-state index contributed by atoms with van der Waals surface area (Å²) in [7, 11) is 0. The summed E-state index contributed by atoms with van der Waals surface area (Å²) in [6, 6.07) is 42.5. The Hall–Kier alpha value is -3.81. The molecule has 2 heteroatoms. The van der Waals surface area contributed by atoms with Crippen molar-refractivity contribution in [3.63, 3.8) is 0 Å². The minimum absolute atomic E-state index is 0.748. The van der Waals surface area contributed by atoms with E-state index in [9.17, 15) is 0 Å². The zero-order valence-electron chi connectivity index (χ0n) is 17.4. The van der Waals surface area contributed by atoms with E-state index in [1.54, 1.807) is 0 Å². The first kappa shape index (κ1) is 18.9. The van der Waals surface area contributed by atoms with E-state index in [1.807, 2.05) is 6.07 Å². The molecule has 0 N–H and O–H groups in total. The molecule has 0 aliphatic heterocycles. The summed E-state index contributed by atoms with van der Waals surface area (Å²) in [4.78, 5) is 0. The molecule has 5 aromatic carbocycles. The molecule has 6 aromatic rings. The van der Waals surface area contributed by atoms with Crippen molar-refractivity contribution in [3.8, 4) is 27.9 Å². The van der Waals surface area contributed by atoms with E-state index in [-0.39, 0.29) is 0 Å². The number of aromatic nitrogens is 1. The first-order valence-electron chi connectivity index (χ1n) is 10.7. The molecule has 0 saturated carbocycles. The van der Waals surface area contributed by atoms with Gasteiger partial charge < -0.3 is 4.57 Å². The van der Waals surface area contributed by atoms with Gasteiger partial charge in [-0.25, -0.2) is 0 Å². The fourth-order valence-electron chi connectivity index (χ4n) is 4.63. The van der Waals surface area contributed by atoms with Crippen LogP contribution in [0.1, 0.15) is 0 Å². The van der Waals surface area contributed by atoms with Gasteiger partial charge in [-0.2, -0.15) is 0 Å². The Morgan fingerprint density at radius 1 is 0.500 bits per heavy atom. The normalized spacial score (nSPS) is 11.3. The third-order valence-electron chi connectivity index (χ3n) is 6.05. The summed E-state index contributed by atoms with van der Waals surface area (Å²) in [5, 5.41) is 3.14. The van der Waals surface area contributed by atoms with Gasteiger partial charge in [0.2, 0.25) is 0 Å². The summed E-state index contributed by atoms with van der Waals surface area (Å²) in [5.41, 5.74) is 8.30. The van der Waals surface area contributed by atoms with Gasteiger partial charge >= 0.3 is 0 Å². The lowest BCUT2D eigenvalue weighted by atomic mass is 9.99. The lowest BCUT2D eigenvalue weighted by Crippen LogP contribution is -1.94. The summed E-state index contributed by atoms with van der Waals surface area (Å²) in [5.74, 6) is 0. The monoisotopic (exact) mass is 429 g/mol. The van der Waals surface area contributed by atoms with E-state index >= 15 is 0 Å². The summed E-state index contributed by atoms with van der Waals surface area (Å²) in [6.07, 6.45) is 0. The average molecular weight is 430 g/mol. The number of rotatable bonds is 3. The second-order valence-corrected chi connectivity index (χ2v) is 8.42. The maximum atomic E-state index is 6.47. The number of hydrogen-bond donors (Lipinski definition) is 0. The third kappa shape index (κ3) is 3.10. The highest BCUT2D eigenvalue weighted by Gasteiger charge is 2.16. The molecule has 6 rings (SSSR count). The molecular formula is C30H20ClN. The van der Waals surface area contributed by atoms with Crippen LogP contribution >= 0.6 is 11.6 Å².